The summed E-state index contributed by atoms with van der Waals surface area (Å²) in [4.78, 5) is 33.2. The molecule has 0 saturated heterocycles. The Balaban J connectivity index is 1.87. The van der Waals surface area contributed by atoms with Gasteiger partial charge in [-0.2, -0.15) is 0 Å². The number of esters is 1. The molecule has 0 radical (unpaired) electrons. The molecule has 1 heterocycles. The summed E-state index contributed by atoms with van der Waals surface area (Å²) in [5.74, 6) is -1.39. The molecule has 0 fully saturated rings. The molecule has 2 rings (SSSR count). The number of Topliss-reactive ketones (excluding diaryl/α,β-unsaturated/α-hetero) is 1. The van der Waals surface area contributed by atoms with Crippen LogP contribution in [0.3, 0.4) is 0 Å². The number of hydrogen-bond acceptors (Lipinski definition) is 7. The van der Waals surface area contributed by atoms with Crippen LogP contribution in [-0.2, 0) is 9.53 Å². The van der Waals surface area contributed by atoms with Crippen LogP contribution in [0.5, 0.6) is 5.75 Å². The van der Waals surface area contributed by atoms with Gasteiger partial charge in [-0.25, -0.2) is 14.4 Å². The maximum Gasteiger partial charge on any atom is 0.326 e. The van der Waals surface area contributed by atoms with Gasteiger partial charge in [0.1, 0.15) is 6.54 Å². The van der Waals surface area contributed by atoms with Crippen molar-refractivity contribution in [3.8, 4) is 5.75 Å². The van der Waals surface area contributed by atoms with Crippen LogP contribution in [0.2, 0.25) is 0 Å². The lowest BCUT2D eigenvalue weighted by atomic mass is 10.1. The quantitative estimate of drug-likeness (QED) is 0.561. The topological polar surface area (TPSA) is 81.6 Å². The number of likely N-dealkylation sites (N-methyl/N-ethyl adjacent to an activating group) is 1. The van der Waals surface area contributed by atoms with Crippen LogP contribution in [0, 0.1) is 5.82 Å². The molecule has 0 saturated carbocycles. The number of halogens is 1. The number of benzene rings is 1. The Morgan fingerprint density at radius 1 is 1.25 bits per heavy atom. The zero-order valence-electron chi connectivity index (χ0n) is 13.2. The van der Waals surface area contributed by atoms with E-state index < -0.39 is 24.2 Å². The van der Waals surface area contributed by atoms with Crippen LogP contribution < -0.4 is 9.64 Å². The van der Waals surface area contributed by atoms with Crippen LogP contribution in [0.15, 0.2) is 36.7 Å². The second-order valence-electron chi connectivity index (χ2n) is 4.84. The average molecular weight is 333 g/mol. The monoisotopic (exact) mass is 333 g/mol. The van der Waals surface area contributed by atoms with E-state index in [9.17, 15) is 14.0 Å². The van der Waals surface area contributed by atoms with Crippen molar-refractivity contribution in [3.05, 3.63) is 48.0 Å². The van der Waals surface area contributed by atoms with Gasteiger partial charge in [0.15, 0.2) is 24.0 Å². The second-order valence-corrected chi connectivity index (χ2v) is 4.84. The van der Waals surface area contributed by atoms with Crippen molar-refractivity contribution < 1.29 is 23.5 Å². The van der Waals surface area contributed by atoms with Crippen molar-refractivity contribution in [3.63, 3.8) is 0 Å². The Labute approximate surface area is 138 Å². The fraction of sp³-hybridized carbons (Fsp3) is 0.250. The first-order valence-corrected chi connectivity index (χ1v) is 7.01. The van der Waals surface area contributed by atoms with Gasteiger partial charge >= 0.3 is 5.97 Å². The van der Waals surface area contributed by atoms with Gasteiger partial charge in [0.25, 0.3) is 0 Å². The maximum atomic E-state index is 13.6. The van der Waals surface area contributed by atoms with Gasteiger partial charge in [-0.1, -0.05) is 0 Å². The maximum absolute atomic E-state index is 13.6. The van der Waals surface area contributed by atoms with Crippen molar-refractivity contribution in [1.82, 2.24) is 9.97 Å². The third-order valence-corrected chi connectivity index (χ3v) is 3.10. The first-order valence-electron chi connectivity index (χ1n) is 7.01. The molecule has 0 amide bonds. The summed E-state index contributed by atoms with van der Waals surface area (Å²) >= 11 is 0. The van der Waals surface area contributed by atoms with Crippen LogP contribution >= 0.6 is 0 Å². The highest BCUT2D eigenvalue weighted by Crippen LogP contribution is 2.18. The molecular weight excluding hydrogens is 317 g/mol. The molecule has 0 spiro atoms. The van der Waals surface area contributed by atoms with Crippen molar-refractivity contribution in [2.24, 2.45) is 0 Å². The average Bonchev–Trinajstić information content (AvgIpc) is 2.60. The number of anilines is 1. The van der Waals surface area contributed by atoms with E-state index in [1.807, 2.05) is 0 Å². The summed E-state index contributed by atoms with van der Waals surface area (Å²) in [5.41, 5.74) is 0.0980. The third kappa shape index (κ3) is 4.48. The van der Waals surface area contributed by atoms with Crippen LogP contribution in [0.4, 0.5) is 10.3 Å². The Kier molecular flexibility index (Phi) is 5.78. The Hall–Kier alpha value is -3.03. The highest BCUT2D eigenvalue weighted by molar-refractivity contribution is 5.98. The number of aromatic nitrogens is 2. The summed E-state index contributed by atoms with van der Waals surface area (Å²) in [6, 6.07) is 5.44. The summed E-state index contributed by atoms with van der Waals surface area (Å²) < 4.78 is 23.2. The smallest absolute Gasteiger partial charge is 0.326 e. The lowest BCUT2D eigenvalue weighted by Gasteiger charge is -2.15. The molecule has 2 aromatic rings. The Bertz CT molecular complexity index is 725. The molecule has 0 aliphatic rings. The minimum absolute atomic E-state index is 0.0352. The number of carbonyl (C=O) groups excluding carboxylic acids is 2. The minimum Gasteiger partial charge on any atom is -0.494 e. The first kappa shape index (κ1) is 17.3. The number of ketones is 1. The van der Waals surface area contributed by atoms with Gasteiger partial charge in [0, 0.05) is 25.0 Å². The standard InChI is InChI=1S/C16H16FN3O4/c1-20(16-18-6-3-7-19-16)9-15(22)24-10-13(21)11-4-5-14(23-2)12(17)8-11/h3-8H,9-10H2,1-2H3. The fourth-order valence-electron chi connectivity index (χ4n) is 1.87. The fourth-order valence-corrected chi connectivity index (χ4v) is 1.87. The number of nitrogens with zero attached hydrogens (tertiary/aromatic N) is 3. The number of hydrogen-bond donors (Lipinski definition) is 0. The van der Waals surface area contributed by atoms with E-state index in [1.54, 1.807) is 25.5 Å². The molecule has 126 valence electrons. The molecular formula is C16H16FN3O4. The van der Waals surface area contributed by atoms with Crippen molar-refractivity contribution >= 4 is 17.7 Å². The number of ether oxygens (including phenoxy) is 2. The van der Waals surface area contributed by atoms with Gasteiger partial charge in [0.05, 0.1) is 7.11 Å². The largest absolute Gasteiger partial charge is 0.494 e. The summed E-state index contributed by atoms with van der Waals surface area (Å²) in [6.07, 6.45) is 3.10. The Morgan fingerprint density at radius 3 is 2.58 bits per heavy atom. The van der Waals surface area contributed by atoms with Crippen LogP contribution in [0.1, 0.15) is 10.4 Å². The molecule has 0 unspecified atom stereocenters. The van der Waals surface area contributed by atoms with E-state index in [1.165, 1.54) is 24.1 Å². The van der Waals surface area contributed by atoms with Crippen molar-refractivity contribution in [1.29, 1.82) is 0 Å². The lowest BCUT2D eigenvalue weighted by molar-refractivity contribution is -0.140. The molecule has 1 aromatic carbocycles. The normalized spacial score (nSPS) is 10.1. The number of rotatable bonds is 7. The van der Waals surface area contributed by atoms with Crippen molar-refractivity contribution in [2.45, 2.75) is 0 Å². The molecule has 0 N–H and O–H groups in total. The molecule has 0 atom stereocenters. The van der Waals surface area contributed by atoms with E-state index in [2.05, 4.69) is 9.97 Å². The summed E-state index contributed by atoms with van der Waals surface area (Å²) in [6.45, 7) is -0.595. The number of methoxy groups -OCH3 is 1. The predicted molar refractivity (Wildman–Crippen MR) is 83.5 cm³/mol. The summed E-state index contributed by atoms with van der Waals surface area (Å²) in [7, 11) is 2.95. The molecule has 1 aromatic heterocycles. The Morgan fingerprint density at radius 2 is 1.96 bits per heavy atom. The van der Waals surface area contributed by atoms with Crippen LogP contribution in [-0.4, -0.2) is 49.0 Å². The molecule has 0 aliphatic carbocycles. The number of carbonyl (C=O) groups is 2. The van der Waals surface area contributed by atoms with E-state index >= 15 is 0 Å². The van der Waals surface area contributed by atoms with E-state index in [-0.39, 0.29) is 17.9 Å². The molecule has 7 nitrogen and oxygen atoms in total. The summed E-state index contributed by atoms with van der Waals surface area (Å²) in [5, 5.41) is 0. The predicted octanol–water partition coefficient (Wildman–Crippen LogP) is 1.49. The lowest BCUT2D eigenvalue weighted by Crippen LogP contribution is -2.29. The highest BCUT2D eigenvalue weighted by atomic mass is 19.1. The van der Waals surface area contributed by atoms with Gasteiger partial charge in [0.2, 0.25) is 5.95 Å². The zero-order chi connectivity index (χ0) is 17.5. The first-order chi connectivity index (χ1) is 11.5. The third-order valence-electron chi connectivity index (χ3n) is 3.10. The molecule has 0 aliphatic heterocycles. The minimum atomic E-state index is -0.657. The molecule has 8 heteroatoms. The SMILES string of the molecule is COc1ccc(C(=O)COC(=O)CN(C)c2ncccn2)cc1F. The van der Waals surface area contributed by atoms with E-state index in [0.29, 0.717) is 5.95 Å². The molecule has 24 heavy (non-hydrogen) atoms. The van der Waals surface area contributed by atoms with Crippen molar-refractivity contribution in [2.75, 3.05) is 32.2 Å². The van der Waals surface area contributed by atoms with E-state index in [0.717, 1.165) is 6.07 Å². The second kappa shape index (κ2) is 8.00. The molecule has 0 bridgehead atoms. The van der Waals surface area contributed by atoms with Gasteiger partial charge in [-0.15, -0.1) is 0 Å². The van der Waals surface area contributed by atoms with Gasteiger partial charge in [-0.05, 0) is 24.3 Å². The highest BCUT2D eigenvalue weighted by Gasteiger charge is 2.15. The van der Waals surface area contributed by atoms with Gasteiger partial charge in [-0.3, -0.25) is 9.59 Å². The van der Waals surface area contributed by atoms with Gasteiger partial charge < -0.3 is 14.4 Å². The van der Waals surface area contributed by atoms with Crippen LogP contribution in [0.25, 0.3) is 0 Å². The zero-order valence-corrected chi connectivity index (χ0v) is 13.2. The van der Waals surface area contributed by atoms with E-state index in [4.69, 9.17) is 9.47 Å².